The maximum Gasteiger partial charge on any atom is 0.179 e. The van der Waals surface area contributed by atoms with Crippen LogP contribution in [0.4, 0.5) is 8.78 Å². The molecule has 0 saturated carbocycles. The van der Waals surface area contributed by atoms with Gasteiger partial charge in [-0.05, 0) is 18.2 Å². The summed E-state index contributed by atoms with van der Waals surface area (Å²) < 4.78 is 26.3. The lowest BCUT2D eigenvalue weighted by Gasteiger charge is -2.19. The van der Waals surface area contributed by atoms with E-state index in [1.807, 2.05) is 0 Å². The largest absolute Gasteiger partial charge is 0.395 e. The summed E-state index contributed by atoms with van der Waals surface area (Å²) in [5.74, 6) is -2.06. The van der Waals surface area contributed by atoms with E-state index in [1.165, 1.54) is 4.90 Å². The average Bonchev–Trinajstić information content (AvgIpc) is 2.33. The van der Waals surface area contributed by atoms with Crippen LogP contribution in [0.3, 0.4) is 0 Å². The van der Waals surface area contributed by atoms with E-state index in [1.54, 1.807) is 0 Å². The molecular formula is C12H15F2NO3. The third-order valence-electron chi connectivity index (χ3n) is 2.43. The van der Waals surface area contributed by atoms with Crippen molar-refractivity contribution in [2.45, 2.75) is 0 Å². The van der Waals surface area contributed by atoms with Crippen LogP contribution in [-0.2, 0) is 0 Å². The molecule has 1 aromatic rings. The molecule has 0 radical (unpaired) electrons. The van der Waals surface area contributed by atoms with Gasteiger partial charge in [0.15, 0.2) is 5.78 Å². The van der Waals surface area contributed by atoms with E-state index in [-0.39, 0.29) is 38.4 Å². The van der Waals surface area contributed by atoms with Crippen molar-refractivity contribution in [3.63, 3.8) is 0 Å². The van der Waals surface area contributed by atoms with Crippen molar-refractivity contribution in [3.05, 3.63) is 35.4 Å². The van der Waals surface area contributed by atoms with Gasteiger partial charge in [-0.2, -0.15) is 0 Å². The molecule has 0 saturated heterocycles. The van der Waals surface area contributed by atoms with Gasteiger partial charge in [-0.25, -0.2) is 8.78 Å². The third kappa shape index (κ3) is 4.14. The van der Waals surface area contributed by atoms with E-state index in [2.05, 4.69) is 0 Å². The van der Waals surface area contributed by atoms with Crippen molar-refractivity contribution >= 4 is 5.78 Å². The van der Waals surface area contributed by atoms with Gasteiger partial charge in [-0.15, -0.1) is 0 Å². The van der Waals surface area contributed by atoms with Crippen molar-refractivity contribution in [2.24, 2.45) is 0 Å². The monoisotopic (exact) mass is 259 g/mol. The summed E-state index contributed by atoms with van der Waals surface area (Å²) in [6, 6.07) is 2.67. The summed E-state index contributed by atoms with van der Waals surface area (Å²) in [5, 5.41) is 17.6. The number of Topliss-reactive ketones (excluding diaryl/α,β-unsaturated/α-hetero) is 1. The molecule has 0 aliphatic heterocycles. The lowest BCUT2D eigenvalue weighted by molar-refractivity contribution is 0.0889. The zero-order valence-electron chi connectivity index (χ0n) is 9.77. The Morgan fingerprint density at radius 3 is 2.33 bits per heavy atom. The summed E-state index contributed by atoms with van der Waals surface area (Å²) in [6.45, 7) is -0.175. The molecule has 4 nitrogen and oxygen atoms in total. The van der Waals surface area contributed by atoms with Gasteiger partial charge >= 0.3 is 0 Å². The van der Waals surface area contributed by atoms with Gasteiger partial charge in [-0.1, -0.05) is 0 Å². The van der Waals surface area contributed by atoms with E-state index >= 15 is 0 Å². The van der Waals surface area contributed by atoms with Crippen LogP contribution in [0.5, 0.6) is 0 Å². The summed E-state index contributed by atoms with van der Waals surface area (Å²) in [4.78, 5) is 13.2. The molecule has 0 bridgehead atoms. The highest BCUT2D eigenvalue weighted by molar-refractivity contribution is 5.97. The quantitative estimate of drug-likeness (QED) is 0.697. The second-order valence-corrected chi connectivity index (χ2v) is 3.77. The van der Waals surface area contributed by atoms with Crippen molar-refractivity contribution < 1.29 is 23.8 Å². The highest BCUT2D eigenvalue weighted by Crippen LogP contribution is 2.11. The van der Waals surface area contributed by atoms with Crippen LogP contribution in [-0.4, -0.2) is 53.7 Å². The predicted octanol–water partition coefficient (Wildman–Crippen LogP) is 0.434. The molecule has 0 fully saturated rings. The maximum absolute atomic E-state index is 13.3. The molecule has 6 heteroatoms. The molecule has 18 heavy (non-hydrogen) atoms. The first-order chi connectivity index (χ1) is 8.58. The van der Waals surface area contributed by atoms with Gasteiger partial charge in [0.25, 0.3) is 0 Å². The van der Waals surface area contributed by atoms with Gasteiger partial charge in [0, 0.05) is 13.1 Å². The molecule has 0 heterocycles. The predicted molar refractivity (Wildman–Crippen MR) is 61.3 cm³/mol. The third-order valence-corrected chi connectivity index (χ3v) is 2.43. The number of hydrogen-bond donors (Lipinski definition) is 2. The van der Waals surface area contributed by atoms with Gasteiger partial charge in [0.1, 0.15) is 11.6 Å². The van der Waals surface area contributed by atoms with Crippen molar-refractivity contribution in [3.8, 4) is 0 Å². The summed E-state index contributed by atoms with van der Waals surface area (Å²) in [6.07, 6.45) is 0. The summed E-state index contributed by atoms with van der Waals surface area (Å²) in [5.41, 5.74) is -0.323. The molecule has 0 aromatic heterocycles. The zero-order chi connectivity index (χ0) is 13.5. The zero-order valence-corrected chi connectivity index (χ0v) is 9.77. The number of hydrogen-bond acceptors (Lipinski definition) is 4. The molecule has 0 amide bonds. The Labute approximate surface area is 103 Å². The number of carbonyl (C=O) groups excluding carboxylic acids is 1. The molecule has 1 aromatic carbocycles. The molecular weight excluding hydrogens is 244 g/mol. The molecule has 1 rings (SSSR count). The minimum atomic E-state index is -0.783. The number of aliphatic hydroxyl groups is 2. The Hall–Kier alpha value is -1.37. The van der Waals surface area contributed by atoms with Crippen molar-refractivity contribution in [2.75, 3.05) is 32.8 Å². The van der Waals surface area contributed by atoms with Crippen LogP contribution in [0.1, 0.15) is 10.4 Å². The number of nitrogens with zero attached hydrogens (tertiary/aromatic N) is 1. The minimum Gasteiger partial charge on any atom is -0.395 e. The van der Waals surface area contributed by atoms with Crippen LogP contribution in [0.15, 0.2) is 18.2 Å². The highest BCUT2D eigenvalue weighted by atomic mass is 19.1. The second-order valence-electron chi connectivity index (χ2n) is 3.77. The van der Waals surface area contributed by atoms with Gasteiger partial charge in [-0.3, -0.25) is 9.69 Å². The fraction of sp³-hybridized carbons (Fsp3) is 0.417. The molecule has 0 atom stereocenters. The normalized spacial score (nSPS) is 10.9. The topological polar surface area (TPSA) is 60.8 Å². The molecule has 0 unspecified atom stereocenters. The minimum absolute atomic E-state index is 0.179. The Morgan fingerprint density at radius 2 is 1.78 bits per heavy atom. The van der Waals surface area contributed by atoms with E-state index < -0.39 is 17.4 Å². The van der Waals surface area contributed by atoms with E-state index in [0.29, 0.717) is 0 Å². The Kier molecular flexibility index (Phi) is 5.84. The number of halogens is 2. The molecule has 2 N–H and O–H groups in total. The fourth-order valence-electron chi connectivity index (χ4n) is 1.55. The first-order valence-electron chi connectivity index (χ1n) is 5.50. The van der Waals surface area contributed by atoms with Crippen molar-refractivity contribution in [1.82, 2.24) is 4.90 Å². The summed E-state index contributed by atoms with van der Waals surface area (Å²) >= 11 is 0. The van der Waals surface area contributed by atoms with E-state index in [9.17, 15) is 13.6 Å². The number of benzene rings is 1. The number of carbonyl (C=O) groups is 1. The molecule has 0 spiro atoms. The lowest BCUT2D eigenvalue weighted by Crippen LogP contribution is -2.35. The maximum atomic E-state index is 13.3. The Balaban J connectivity index is 2.76. The van der Waals surface area contributed by atoms with Crippen LogP contribution in [0, 0.1) is 11.6 Å². The smallest absolute Gasteiger partial charge is 0.179 e. The van der Waals surface area contributed by atoms with E-state index in [4.69, 9.17) is 10.2 Å². The van der Waals surface area contributed by atoms with Crippen LogP contribution in [0.25, 0.3) is 0 Å². The number of ketones is 1. The van der Waals surface area contributed by atoms with Crippen LogP contribution >= 0.6 is 0 Å². The first kappa shape index (κ1) is 14.7. The second kappa shape index (κ2) is 7.15. The Morgan fingerprint density at radius 1 is 1.17 bits per heavy atom. The molecule has 0 aliphatic carbocycles. The molecule has 100 valence electrons. The fourth-order valence-corrected chi connectivity index (χ4v) is 1.55. The summed E-state index contributed by atoms with van der Waals surface area (Å²) in [7, 11) is 0. The van der Waals surface area contributed by atoms with Gasteiger partial charge < -0.3 is 10.2 Å². The van der Waals surface area contributed by atoms with Crippen LogP contribution < -0.4 is 0 Å². The van der Waals surface area contributed by atoms with Gasteiger partial charge in [0.2, 0.25) is 0 Å². The SMILES string of the molecule is O=C(CN(CCO)CCO)c1cc(F)ccc1F. The number of rotatable bonds is 7. The van der Waals surface area contributed by atoms with Crippen LogP contribution in [0.2, 0.25) is 0 Å². The standard InChI is InChI=1S/C12H15F2NO3/c13-9-1-2-11(14)10(7-9)12(18)8-15(3-5-16)4-6-17/h1-2,7,16-17H,3-6,8H2. The highest BCUT2D eigenvalue weighted by Gasteiger charge is 2.16. The Bertz CT molecular complexity index is 406. The van der Waals surface area contributed by atoms with Gasteiger partial charge in [0.05, 0.1) is 25.3 Å². The average molecular weight is 259 g/mol. The molecule has 0 aliphatic rings. The van der Waals surface area contributed by atoms with E-state index in [0.717, 1.165) is 18.2 Å². The van der Waals surface area contributed by atoms with Crippen molar-refractivity contribution in [1.29, 1.82) is 0 Å². The first-order valence-corrected chi connectivity index (χ1v) is 5.50. The number of aliphatic hydroxyl groups excluding tert-OH is 2. The lowest BCUT2D eigenvalue weighted by atomic mass is 10.1.